The number of methoxy groups -OCH3 is 3. The van der Waals surface area contributed by atoms with Crippen LogP contribution in [0.15, 0.2) is 30.3 Å². The predicted octanol–water partition coefficient (Wildman–Crippen LogP) is 2.28. The van der Waals surface area contributed by atoms with Crippen molar-refractivity contribution in [3.63, 3.8) is 0 Å². The van der Waals surface area contributed by atoms with E-state index in [9.17, 15) is 9.59 Å². The lowest BCUT2D eigenvalue weighted by Crippen LogP contribution is -2.48. The van der Waals surface area contributed by atoms with Gasteiger partial charge in [-0.2, -0.15) is 0 Å². The Kier molecular flexibility index (Phi) is 5.32. The van der Waals surface area contributed by atoms with E-state index < -0.39 is 11.5 Å². The molecule has 0 saturated carbocycles. The zero-order chi connectivity index (χ0) is 18.7. The predicted molar refractivity (Wildman–Crippen MR) is 96.6 cm³/mol. The minimum atomic E-state index is -0.733. The summed E-state index contributed by atoms with van der Waals surface area (Å²) in [6, 6.07) is 7.47. The lowest BCUT2D eigenvalue weighted by atomic mass is 9.88. The van der Waals surface area contributed by atoms with Gasteiger partial charge in [0, 0.05) is 11.6 Å². The van der Waals surface area contributed by atoms with Crippen LogP contribution in [0.25, 0.3) is 6.08 Å². The van der Waals surface area contributed by atoms with E-state index in [4.69, 9.17) is 14.2 Å². The first-order chi connectivity index (χ1) is 12.6. The van der Waals surface area contributed by atoms with Crippen LogP contribution in [0.3, 0.4) is 0 Å². The standard InChI is InChI=1S/C20H25NO5/c1-24-17-8-5-4-7-14(17)9-10-16-15(18(22)25-2)13-20(19(23)26-3)11-6-12-21(16)20/h4-5,7-10,15-16H,6,11-13H2,1-3H3/b10-9+/t15-,16-,20+/m0/s1. The van der Waals surface area contributed by atoms with E-state index in [0.29, 0.717) is 12.8 Å². The molecular weight excluding hydrogens is 334 g/mol. The Morgan fingerprint density at radius 1 is 1.19 bits per heavy atom. The number of esters is 2. The lowest BCUT2D eigenvalue weighted by molar-refractivity contribution is -0.152. The number of benzene rings is 1. The van der Waals surface area contributed by atoms with Gasteiger partial charge in [-0.25, -0.2) is 0 Å². The van der Waals surface area contributed by atoms with Crippen LogP contribution in [0, 0.1) is 5.92 Å². The number of ether oxygens (including phenoxy) is 3. The van der Waals surface area contributed by atoms with Crippen molar-refractivity contribution >= 4 is 18.0 Å². The summed E-state index contributed by atoms with van der Waals surface area (Å²) in [6.07, 6.45) is 5.96. The molecule has 2 aliphatic heterocycles. The highest BCUT2D eigenvalue weighted by Gasteiger charge is 2.60. The van der Waals surface area contributed by atoms with E-state index in [2.05, 4.69) is 4.90 Å². The molecule has 2 aliphatic rings. The van der Waals surface area contributed by atoms with E-state index in [1.165, 1.54) is 14.2 Å². The summed E-state index contributed by atoms with van der Waals surface area (Å²) in [5, 5.41) is 0. The van der Waals surface area contributed by atoms with Crippen LogP contribution in [-0.4, -0.2) is 56.3 Å². The summed E-state index contributed by atoms with van der Waals surface area (Å²) in [5.74, 6) is -0.197. The van der Waals surface area contributed by atoms with Crippen molar-refractivity contribution in [1.29, 1.82) is 0 Å². The molecule has 0 aliphatic carbocycles. The van der Waals surface area contributed by atoms with Crippen molar-refractivity contribution in [2.24, 2.45) is 5.92 Å². The van der Waals surface area contributed by atoms with Crippen molar-refractivity contribution in [2.75, 3.05) is 27.9 Å². The SMILES string of the molecule is COC(=O)[C@H]1C[C@@]2(C(=O)OC)CCCN2[C@H]1/C=C/c1ccccc1OC. The van der Waals surface area contributed by atoms with Crippen LogP contribution in [-0.2, 0) is 19.1 Å². The minimum Gasteiger partial charge on any atom is -0.496 e. The number of hydrogen-bond acceptors (Lipinski definition) is 6. The average Bonchev–Trinajstić information content (AvgIpc) is 3.23. The van der Waals surface area contributed by atoms with E-state index in [-0.39, 0.29) is 18.0 Å². The van der Waals surface area contributed by atoms with Crippen molar-refractivity contribution < 1.29 is 23.8 Å². The number of rotatable bonds is 5. The quantitative estimate of drug-likeness (QED) is 0.752. The maximum absolute atomic E-state index is 12.5. The van der Waals surface area contributed by atoms with E-state index in [0.717, 1.165) is 24.3 Å². The first-order valence-electron chi connectivity index (χ1n) is 8.81. The summed E-state index contributed by atoms with van der Waals surface area (Å²) >= 11 is 0. The molecule has 0 N–H and O–H groups in total. The Hall–Kier alpha value is -2.34. The second-order valence-corrected chi connectivity index (χ2v) is 6.75. The molecule has 3 rings (SSSR count). The van der Waals surface area contributed by atoms with Crippen LogP contribution in [0.4, 0.5) is 0 Å². The third-order valence-electron chi connectivity index (χ3n) is 5.55. The number of para-hydroxylation sites is 1. The lowest BCUT2D eigenvalue weighted by Gasteiger charge is -2.31. The van der Waals surface area contributed by atoms with Crippen LogP contribution < -0.4 is 4.74 Å². The third-order valence-corrected chi connectivity index (χ3v) is 5.55. The Morgan fingerprint density at radius 2 is 1.96 bits per heavy atom. The van der Waals surface area contributed by atoms with Gasteiger partial charge in [-0.3, -0.25) is 14.5 Å². The molecule has 0 unspecified atom stereocenters. The molecule has 3 atom stereocenters. The number of hydrogen-bond donors (Lipinski definition) is 0. The van der Waals surface area contributed by atoms with Gasteiger partial charge in [0.2, 0.25) is 0 Å². The Morgan fingerprint density at radius 3 is 2.65 bits per heavy atom. The van der Waals surface area contributed by atoms with E-state index in [1.807, 2.05) is 36.4 Å². The fourth-order valence-corrected chi connectivity index (χ4v) is 4.37. The van der Waals surface area contributed by atoms with Crippen molar-refractivity contribution in [1.82, 2.24) is 4.90 Å². The largest absolute Gasteiger partial charge is 0.496 e. The van der Waals surface area contributed by atoms with Gasteiger partial charge >= 0.3 is 11.9 Å². The smallest absolute Gasteiger partial charge is 0.326 e. The first-order valence-corrected chi connectivity index (χ1v) is 8.81. The normalized spacial score (nSPS) is 28.1. The molecule has 2 fully saturated rings. The van der Waals surface area contributed by atoms with Gasteiger partial charge < -0.3 is 14.2 Å². The summed E-state index contributed by atoms with van der Waals surface area (Å²) in [6.45, 7) is 0.753. The fraction of sp³-hybridized carbons (Fsp3) is 0.500. The highest BCUT2D eigenvalue weighted by molar-refractivity contribution is 5.85. The van der Waals surface area contributed by atoms with Crippen LogP contribution in [0.2, 0.25) is 0 Å². The maximum atomic E-state index is 12.5. The van der Waals surface area contributed by atoms with Gasteiger partial charge in [-0.05, 0) is 31.9 Å². The highest BCUT2D eigenvalue weighted by Crippen LogP contribution is 2.47. The third kappa shape index (κ3) is 2.98. The van der Waals surface area contributed by atoms with Gasteiger partial charge in [-0.1, -0.05) is 30.4 Å². The second-order valence-electron chi connectivity index (χ2n) is 6.75. The van der Waals surface area contributed by atoms with Crippen molar-refractivity contribution in [3.05, 3.63) is 35.9 Å². The molecule has 0 bridgehead atoms. The summed E-state index contributed by atoms with van der Waals surface area (Å²) in [7, 11) is 4.42. The van der Waals surface area contributed by atoms with Gasteiger partial charge in [0.25, 0.3) is 0 Å². The molecule has 0 radical (unpaired) electrons. The van der Waals surface area contributed by atoms with Gasteiger partial charge in [0.15, 0.2) is 0 Å². The first kappa shape index (κ1) is 18.5. The molecule has 2 heterocycles. The topological polar surface area (TPSA) is 65.1 Å². The minimum absolute atomic E-state index is 0.214. The summed E-state index contributed by atoms with van der Waals surface area (Å²) < 4.78 is 15.5. The Labute approximate surface area is 153 Å². The number of nitrogens with zero attached hydrogens (tertiary/aromatic N) is 1. The average molecular weight is 359 g/mol. The van der Waals surface area contributed by atoms with Crippen LogP contribution in [0.1, 0.15) is 24.8 Å². The monoisotopic (exact) mass is 359 g/mol. The molecule has 2 saturated heterocycles. The zero-order valence-electron chi connectivity index (χ0n) is 15.4. The van der Waals surface area contributed by atoms with Crippen LogP contribution >= 0.6 is 0 Å². The van der Waals surface area contributed by atoms with E-state index >= 15 is 0 Å². The molecule has 1 aromatic carbocycles. The Balaban J connectivity index is 1.95. The number of carbonyl (C=O) groups is 2. The Bertz CT molecular complexity index is 716. The number of carbonyl (C=O) groups excluding carboxylic acids is 2. The molecule has 0 aromatic heterocycles. The molecule has 140 valence electrons. The maximum Gasteiger partial charge on any atom is 0.326 e. The molecule has 26 heavy (non-hydrogen) atoms. The van der Waals surface area contributed by atoms with Crippen LogP contribution in [0.5, 0.6) is 5.75 Å². The van der Waals surface area contributed by atoms with Crippen molar-refractivity contribution in [2.45, 2.75) is 30.8 Å². The molecule has 1 aromatic rings. The molecule has 6 heteroatoms. The number of fused-ring (bicyclic) bond motifs is 1. The van der Waals surface area contributed by atoms with E-state index in [1.54, 1.807) is 7.11 Å². The van der Waals surface area contributed by atoms with Gasteiger partial charge in [0.05, 0.1) is 27.2 Å². The highest BCUT2D eigenvalue weighted by atomic mass is 16.5. The summed E-state index contributed by atoms with van der Waals surface area (Å²) in [4.78, 5) is 27.0. The molecule has 6 nitrogen and oxygen atoms in total. The molecule has 0 amide bonds. The van der Waals surface area contributed by atoms with Gasteiger partial charge in [0.1, 0.15) is 11.3 Å². The summed E-state index contributed by atoms with van der Waals surface area (Å²) in [5.41, 5.74) is 0.192. The van der Waals surface area contributed by atoms with Gasteiger partial charge in [-0.15, -0.1) is 0 Å². The fourth-order valence-electron chi connectivity index (χ4n) is 4.37. The van der Waals surface area contributed by atoms with Crippen molar-refractivity contribution in [3.8, 4) is 5.75 Å². The second kappa shape index (κ2) is 7.50. The molecular formula is C20H25NO5. The zero-order valence-corrected chi connectivity index (χ0v) is 15.4. The molecule has 0 spiro atoms.